The summed E-state index contributed by atoms with van der Waals surface area (Å²) in [4.78, 5) is 6.20. The van der Waals surface area contributed by atoms with Crippen molar-refractivity contribution >= 4 is 11.3 Å². The average molecular weight is 237 g/mol. The Labute approximate surface area is 103 Å². The lowest BCUT2D eigenvalue weighted by Crippen LogP contribution is -2.22. The van der Waals surface area contributed by atoms with E-state index in [1.165, 1.54) is 60.5 Å². The molecule has 2 rings (SSSR count). The van der Waals surface area contributed by atoms with Crippen LogP contribution in [0.15, 0.2) is 0 Å². The van der Waals surface area contributed by atoms with Crippen molar-refractivity contribution in [2.75, 3.05) is 0 Å². The molecule has 1 saturated carbocycles. The normalized spacial score (nSPS) is 21.4. The minimum absolute atomic E-state index is 0.365. The van der Waals surface area contributed by atoms with Gasteiger partial charge in [-0.05, 0) is 26.7 Å². The molecule has 1 aromatic heterocycles. The van der Waals surface area contributed by atoms with Gasteiger partial charge in [-0.25, -0.2) is 4.98 Å². The van der Waals surface area contributed by atoms with Gasteiger partial charge in [0.15, 0.2) is 0 Å². The van der Waals surface area contributed by atoms with Crippen molar-refractivity contribution in [3.05, 3.63) is 15.6 Å². The fourth-order valence-electron chi connectivity index (χ4n) is 2.63. The first-order chi connectivity index (χ1) is 7.62. The van der Waals surface area contributed by atoms with Gasteiger partial charge in [0.2, 0.25) is 0 Å². The Kier molecular flexibility index (Phi) is 3.68. The molecule has 0 amide bonds. The molecule has 90 valence electrons. The highest BCUT2D eigenvalue weighted by molar-refractivity contribution is 7.11. The monoisotopic (exact) mass is 237 g/mol. The van der Waals surface area contributed by atoms with Gasteiger partial charge in [-0.3, -0.25) is 0 Å². The number of thiazole rings is 1. The van der Waals surface area contributed by atoms with Gasteiger partial charge in [0.05, 0.1) is 10.7 Å². The van der Waals surface area contributed by atoms with Crippen LogP contribution in [0.5, 0.6) is 0 Å². The van der Waals surface area contributed by atoms with Crippen LogP contribution in [0, 0.1) is 13.8 Å². The number of rotatable bonds is 1. The Bertz CT molecular complexity index is 326. The third kappa shape index (κ3) is 2.48. The Balaban J connectivity index is 2.20. The molecular weight excluding hydrogens is 214 g/mol. The molecule has 2 heteroatoms. The van der Waals surface area contributed by atoms with Crippen molar-refractivity contribution in [2.45, 2.75) is 71.1 Å². The van der Waals surface area contributed by atoms with Gasteiger partial charge in [0.1, 0.15) is 0 Å². The molecule has 0 spiro atoms. The van der Waals surface area contributed by atoms with Crippen molar-refractivity contribution in [1.29, 1.82) is 0 Å². The molecule has 0 N–H and O–H groups in total. The highest BCUT2D eigenvalue weighted by Gasteiger charge is 2.30. The Morgan fingerprint density at radius 2 is 1.56 bits per heavy atom. The number of aryl methyl sites for hydroxylation is 2. The van der Waals surface area contributed by atoms with E-state index in [2.05, 4.69) is 20.8 Å². The second kappa shape index (κ2) is 4.87. The summed E-state index contributed by atoms with van der Waals surface area (Å²) in [5.41, 5.74) is 1.60. The van der Waals surface area contributed by atoms with Crippen LogP contribution in [-0.4, -0.2) is 4.98 Å². The molecule has 0 unspecified atom stereocenters. The molecule has 1 aromatic rings. The molecular formula is C14H23NS. The lowest BCUT2D eigenvalue weighted by atomic mass is 9.78. The van der Waals surface area contributed by atoms with Crippen LogP contribution in [0.4, 0.5) is 0 Å². The maximum atomic E-state index is 4.80. The molecule has 0 aromatic carbocycles. The second-order valence-corrected chi connectivity index (χ2v) is 6.69. The van der Waals surface area contributed by atoms with Crippen LogP contribution in [0.1, 0.15) is 67.4 Å². The second-order valence-electron chi connectivity index (χ2n) is 5.49. The summed E-state index contributed by atoms with van der Waals surface area (Å²) in [6.07, 6.45) is 9.70. The van der Waals surface area contributed by atoms with Crippen molar-refractivity contribution in [2.24, 2.45) is 0 Å². The van der Waals surface area contributed by atoms with Crippen LogP contribution in [-0.2, 0) is 5.41 Å². The fraction of sp³-hybridized carbons (Fsp3) is 0.786. The zero-order valence-electron chi connectivity index (χ0n) is 10.8. The number of nitrogens with zero attached hydrogens (tertiary/aromatic N) is 1. The van der Waals surface area contributed by atoms with Crippen molar-refractivity contribution in [3.8, 4) is 0 Å². The van der Waals surface area contributed by atoms with Crippen molar-refractivity contribution in [3.63, 3.8) is 0 Å². The van der Waals surface area contributed by atoms with E-state index in [4.69, 9.17) is 4.98 Å². The van der Waals surface area contributed by atoms with E-state index in [9.17, 15) is 0 Å². The van der Waals surface area contributed by atoms with Gasteiger partial charge in [-0.15, -0.1) is 11.3 Å². The number of hydrogen-bond acceptors (Lipinski definition) is 2. The zero-order chi connectivity index (χ0) is 11.6. The summed E-state index contributed by atoms with van der Waals surface area (Å²) < 4.78 is 0. The molecule has 1 fully saturated rings. The van der Waals surface area contributed by atoms with Gasteiger partial charge in [-0.2, -0.15) is 0 Å². The van der Waals surface area contributed by atoms with Gasteiger partial charge >= 0.3 is 0 Å². The first-order valence-corrected chi connectivity index (χ1v) is 7.38. The van der Waals surface area contributed by atoms with E-state index in [0.717, 1.165) is 0 Å². The van der Waals surface area contributed by atoms with Crippen molar-refractivity contribution < 1.29 is 0 Å². The van der Waals surface area contributed by atoms with E-state index in [1.807, 2.05) is 11.3 Å². The summed E-state index contributed by atoms with van der Waals surface area (Å²) in [5.74, 6) is 0. The lowest BCUT2D eigenvalue weighted by molar-refractivity contribution is 0.339. The van der Waals surface area contributed by atoms with Crippen LogP contribution in [0.2, 0.25) is 0 Å². The molecule has 0 saturated heterocycles. The van der Waals surface area contributed by atoms with E-state index in [1.54, 1.807) is 0 Å². The minimum atomic E-state index is 0.365. The Hall–Kier alpha value is -0.370. The van der Waals surface area contributed by atoms with Gasteiger partial charge < -0.3 is 0 Å². The summed E-state index contributed by atoms with van der Waals surface area (Å²) in [5, 5.41) is 1.39. The first-order valence-electron chi connectivity index (χ1n) is 6.56. The summed E-state index contributed by atoms with van der Waals surface area (Å²) in [7, 11) is 0. The van der Waals surface area contributed by atoms with E-state index in [0.29, 0.717) is 5.41 Å². The molecule has 0 atom stereocenters. The Morgan fingerprint density at radius 3 is 2.06 bits per heavy atom. The van der Waals surface area contributed by atoms with Gasteiger partial charge in [0.25, 0.3) is 0 Å². The maximum Gasteiger partial charge on any atom is 0.0989 e. The molecule has 1 aliphatic carbocycles. The van der Waals surface area contributed by atoms with E-state index >= 15 is 0 Å². The van der Waals surface area contributed by atoms with Crippen LogP contribution >= 0.6 is 11.3 Å². The fourth-order valence-corrected chi connectivity index (χ4v) is 3.75. The SMILES string of the molecule is Cc1nc(C2(C)CCCCCCC2)sc1C. The molecule has 16 heavy (non-hydrogen) atoms. The summed E-state index contributed by atoms with van der Waals surface area (Å²) in [6.45, 7) is 6.76. The topological polar surface area (TPSA) is 12.9 Å². The third-order valence-corrected chi connectivity index (χ3v) is 5.38. The Morgan fingerprint density at radius 1 is 1.00 bits per heavy atom. The highest BCUT2D eigenvalue weighted by Crippen LogP contribution is 2.39. The largest absolute Gasteiger partial charge is 0.246 e. The van der Waals surface area contributed by atoms with Gasteiger partial charge in [0, 0.05) is 10.3 Å². The minimum Gasteiger partial charge on any atom is -0.246 e. The van der Waals surface area contributed by atoms with E-state index < -0.39 is 0 Å². The molecule has 1 heterocycles. The van der Waals surface area contributed by atoms with Crippen LogP contribution in [0.25, 0.3) is 0 Å². The lowest BCUT2D eigenvalue weighted by Gasteiger charge is -2.29. The average Bonchev–Trinajstić information content (AvgIpc) is 2.54. The standard InChI is InChI=1S/C14H23NS/c1-11-12(2)16-13(15-11)14(3)9-7-5-4-6-8-10-14/h4-10H2,1-3H3. The predicted molar refractivity (Wildman–Crippen MR) is 71.3 cm³/mol. The summed E-state index contributed by atoms with van der Waals surface area (Å²) >= 11 is 1.92. The van der Waals surface area contributed by atoms with Crippen LogP contribution in [0.3, 0.4) is 0 Å². The predicted octanol–water partition coefficient (Wildman–Crippen LogP) is 4.76. The number of aromatic nitrogens is 1. The van der Waals surface area contributed by atoms with Gasteiger partial charge in [-0.1, -0.05) is 39.0 Å². The first kappa shape index (κ1) is 12.1. The van der Waals surface area contributed by atoms with Crippen molar-refractivity contribution in [1.82, 2.24) is 4.98 Å². The molecule has 0 bridgehead atoms. The zero-order valence-corrected chi connectivity index (χ0v) is 11.6. The molecule has 0 aliphatic heterocycles. The highest BCUT2D eigenvalue weighted by atomic mass is 32.1. The third-order valence-electron chi connectivity index (χ3n) is 4.00. The molecule has 1 nitrogen and oxygen atoms in total. The van der Waals surface area contributed by atoms with E-state index in [-0.39, 0.29) is 0 Å². The molecule has 0 radical (unpaired) electrons. The van der Waals surface area contributed by atoms with Crippen LogP contribution < -0.4 is 0 Å². The maximum absolute atomic E-state index is 4.80. The quantitative estimate of drug-likeness (QED) is 0.686. The smallest absolute Gasteiger partial charge is 0.0989 e. The number of hydrogen-bond donors (Lipinski definition) is 0. The summed E-state index contributed by atoms with van der Waals surface area (Å²) in [6, 6.07) is 0. The molecule has 1 aliphatic rings.